The van der Waals surface area contributed by atoms with E-state index in [-0.39, 0.29) is 0 Å². The van der Waals surface area contributed by atoms with Crippen LogP contribution in [-0.2, 0) is 11.3 Å². The van der Waals surface area contributed by atoms with Crippen molar-refractivity contribution in [3.63, 3.8) is 0 Å². The summed E-state index contributed by atoms with van der Waals surface area (Å²) in [4.78, 5) is 9.10. The van der Waals surface area contributed by atoms with Gasteiger partial charge >= 0.3 is 0 Å². The van der Waals surface area contributed by atoms with Crippen molar-refractivity contribution >= 4 is 0 Å². The van der Waals surface area contributed by atoms with Gasteiger partial charge in [0.2, 0.25) is 0 Å². The zero-order valence-corrected chi connectivity index (χ0v) is 16.2. The second kappa shape index (κ2) is 9.47. The smallest absolute Gasteiger partial charge is 0.119 e. The first-order valence-electron chi connectivity index (χ1n) is 10.1. The van der Waals surface area contributed by atoms with Crippen LogP contribution in [-0.4, -0.2) is 78.5 Å². The summed E-state index contributed by atoms with van der Waals surface area (Å²) in [6.45, 7) is 7.18. The number of nitrogens with zero attached hydrogens (tertiary/aromatic N) is 3. The monoisotopic (exact) mass is 383 g/mol. The fourth-order valence-electron chi connectivity index (χ4n) is 3.82. The van der Waals surface area contributed by atoms with Gasteiger partial charge in [-0.2, -0.15) is 0 Å². The molecule has 1 unspecified atom stereocenters. The quantitative estimate of drug-likeness (QED) is 0.750. The highest BCUT2D eigenvalue weighted by Crippen LogP contribution is 2.27. The molecular formula is C22H29N3O3. The molecule has 0 aliphatic carbocycles. The Kier molecular flexibility index (Phi) is 6.54. The van der Waals surface area contributed by atoms with E-state index in [0.717, 1.165) is 51.7 Å². The molecule has 2 aliphatic rings. The second-order valence-corrected chi connectivity index (χ2v) is 7.67. The summed E-state index contributed by atoms with van der Waals surface area (Å²) < 4.78 is 11.2. The Morgan fingerprint density at radius 2 is 1.96 bits per heavy atom. The third kappa shape index (κ3) is 5.29. The summed E-state index contributed by atoms with van der Waals surface area (Å²) in [5, 5.41) is 10.2. The minimum Gasteiger partial charge on any atom is -0.491 e. The van der Waals surface area contributed by atoms with Gasteiger partial charge in [0.25, 0.3) is 0 Å². The number of benzene rings is 1. The largest absolute Gasteiger partial charge is 0.491 e. The van der Waals surface area contributed by atoms with E-state index in [9.17, 15) is 5.11 Å². The van der Waals surface area contributed by atoms with Crippen LogP contribution < -0.4 is 4.74 Å². The lowest BCUT2D eigenvalue weighted by molar-refractivity contribution is 0.00464. The molecule has 1 aromatic carbocycles. The van der Waals surface area contributed by atoms with Crippen LogP contribution in [0.4, 0.5) is 0 Å². The fourth-order valence-corrected chi connectivity index (χ4v) is 3.82. The van der Waals surface area contributed by atoms with Crippen LogP contribution in [0.5, 0.6) is 5.75 Å². The van der Waals surface area contributed by atoms with Crippen molar-refractivity contribution in [3.05, 3.63) is 59.9 Å². The molecule has 0 amide bonds. The Labute approximate surface area is 166 Å². The molecule has 0 bridgehead atoms. The maximum Gasteiger partial charge on any atom is 0.119 e. The topological polar surface area (TPSA) is 58.1 Å². The molecule has 3 heterocycles. The average molecular weight is 383 g/mol. The minimum absolute atomic E-state index is 0.312. The van der Waals surface area contributed by atoms with E-state index in [4.69, 9.17) is 9.47 Å². The second-order valence-electron chi connectivity index (χ2n) is 7.67. The standard InChI is InChI=1S/C22H29N3O3/c26-20(16-24-8-10-27-11-9-24)17-28-21-5-3-4-18(12-21)13-25-14-19(15-25)22-6-1-2-7-23-22/h1-7,12,19-20,26H,8-11,13-17H2. The molecule has 150 valence electrons. The highest BCUT2D eigenvalue weighted by Gasteiger charge is 2.28. The molecule has 2 saturated heterocycles. The van der Waals surface area contributed by atoms with Crippen LogP contribution in [0.2, 0.25) is 0 Å². The first kappa shape index (κ1) is 19.3. The van der Waals surface area contributed by atoms with Crippen LogP contribution >= 0.6 is 0 Å². The molecule has 28 heavy (non-hydrogen) atoms. The summed E-state index contributed by atoms with van der Waals surface area (Å²) in [7, 11) is 0. The lowest BCUT2D eigenvalue weighted by atomic mass is 9.95. The van der Waals surface area contributed by atoms with E-state index in [1.165, 1.54) is 11.3 Å². The summed E-state index contributed by atoms with van der Waals surface area (Å²) in [6.07, 6.45) is 1.38. The van der Waals surface area contributed by atoms with Crippen molar-refractivity contribution in [3.8, 4) is 5.75 Å². The summed E-state index contributed by atoms with van der Waals surface area (Å²) in [5.41, 5.74) is 2.42. The lowest BCUT2D eigenvalue weighted by Gasteiger charge is -2.39. The SMILES string of the molecule is OC(COc1cccc(CN2CC(c3ccccn3)C2)c1)CN1CCOCC1. The molecule has 1 N–H and O–H groups in total. The van der Waals surface area contributed by atoms with Crippen molar-refractivity contribution in [2.75, 3.05) is 52.5 Å². The van der Waals surface area contributed by atoms with Crippen LogP contribution in [0.25, 0.3) is 0 Å². The van der Waals surface area contributed by atoms with Gasteiger partial charge in [0.15, 0.2) is 0 Å². The molecule has 1 aromatic heterocycles. The van der Waals surface area contributed by atoms with Gasteiger partial charge in [-0.3, -0.25) is 14.8 Å². The lowest BCUT2D eigenvalue weighted by Crippen LogP contribution is -2.44. The van der Waals surface area contributed by atoms with Crippen LogP contribution in [0.3, 0.4) is 0 Å². The van der Waals surface area contributed by atoms with Crippen molar-refractivity contribution in [1.29, 1.82) is 0 Å². The van der Waals surface area contributed by atoms with E-state index in [1.54, 1.807) is 0 Å². The maximum absolute atomic E-state index is 10.2. The Morgan fingerprint density at radius 3 is 2.75 bits per heavy atom. The summed E-state index contributed by atoms with van der Waals surface area (Å²) in [5.74, 6) is 1.36. The van der Waals surface area contributed by atoms with Crippen molar-refractivity contribution in [2.45, 2.75) is 18.6 Å². The molecule has 4 rings (SSSR count). The third-order valence-electron chi connectivity index (χ3n) is 5.38. The Balaban J connectivity index is 1.21. The first-order chi connectivity index (χ1) is 13.8. The molecule has 2 aliphatic heterocycles. The number of pyridine rings is 1. The van der Waals surface area contributed by atoms with Crippen LogP contribution in [0, 0.1) is 0 Å². The fraction of sp³-hybridized carbons (Fsp3) is 0.500. The molecule has 0 spiro atoms. The highest BCUT2D eigenvalue weighted by atomic mass is 16.5. The van der Waals surface area contributed by atoms with Gasteiger partial charge in [0.05, 0.1) is 13.2 Å². The van der Waals surface area contributed by atoms with Crippen molar-refractivity contribution in [2.24, 2.45) is 0 Å². The van der Waals surface area contributed by atoms with Crippen LogP contribution in [0.15, 0.2) is 48.7 Å². The molecular weight excluding hydrogens is 354 g/mol. The minimum atomic E-state index is -0.490. The van der Waals surface area contributed by atoms with Gasteiger partial charge in [0.1, 0.15) is 18.5 Å². The van der Waals surface area contributed by atoms with Gasteiger partial charge in [-0.05, 0) is 29.8 Å². The van der Waals surface area contributed by atoms with E-state index in [2.05, 4.69) is 39.0 Å². The van der Waals surface area contributed by atoms with E-state index < -0.39 is 6.10 Å². The molecule has 6 heteroatoms. The van der Waals surface area contributed by atoms with Gasteiger partial charge in [-0.1, -0.05) is 18.2 Å². The molecule has 0 saturated carbocycles. The number of aliphatic hydroxyl groups is 1. The van der Waals surface area contributed by atoms with Gasteiger partial charge < -0.3 is 14.6 Å². The molecule has 2 aromatic rings. The third-order valence-corrected chi connectivity index (χ3v) is 5.38. The number of ether oxygens (including phenoxy) is 2. The van der Waals surface area contributed by atoms with Crippen molar-refractivity contribution in [1.82, 2.24) is 14.8 Å². The number of hydrogen-bond donors (Lipinski definition) is 1. The maximum atomic E-state index is 10.2. The number of aliphatic hydroxyl groups excluding tert-OH is 1. The van der Waals surface area contributed by atoms with Gasteiger partial charge in [0, 0.05) is 57.1 Å². The molecule has 0 radical (unpaired) electrons. The number of likely N-dealkylation sites (tertiary alicyclic amines) is 1. The first-order valence-corrected chi connectivity index (χ1v) is 10.1. The number of aromatic nitrogens is 1. The molecule has 1 atom stereocenters. The van der Waals surface area contributed by atoms with Crippen LogP contribution in [0.1, 0.15) is 17.2 Å². The number of morpholine rings is 1. The highest BCUT2D eigenvalue weighted by molar-refractivity contribution is 5.29. The summed E-state index contributed by atoms with van der Waals surface area (Å²) in [6, 6.07) is 14.3. The van der Waals surface area contributed by atoms with E-state index >= 15 is 0 Å². The Bertz CT molecular complexity index is 731. The summed E-state index contributed by atoms with van der Waals surface area (Å²) >= 11 is 0. The zero-order valence-electron chi connectivity index (χ0n) is 16.2. The number of β-amino-alcohol motifs (C(OH)–C–C–N with tert-alkyl or cyclic N) is 1. The van der Waals surface area contributed by atoms with E-state index in [1.807, 2.05) is 24.4 Å². The molecule has 2 fully saturated rings. The average Bonchev–Trinajstić information content (AvgIpc) is 2.71. The number of hydrogen-bond acceptors (Lipinski definition) is 6. The Hall–Kier alpha value is -1.99. The predicted octanol–water partition coefficient (Wildman–Crippen LogP) is 1.75. The Morgan fingerprint density at radius 1 is 1.11 bits per heavy atom. The zero-order chi connectivity index (χ0) is 19.2. The van der Waals surface area contributed by atoms with Gasteiger partial charge in [-0.15, -0.1) is 0 Å². The van der Waals surface area contributed by atoms with E-state index in [0.29, 0.717) is 19.1 Å². The predicted molar refractivity (Wildman–Crippen MR) is 107 cm³/mol. The van der Waals surface area contributed by atoms with Gasteiger partial charge in [-0.25, -0.2) is 0 Å². The molecule has 6 nitrogen and oxygen atoms in total. The number of rotatable bonds is 8. The van der Waals surface area contributed by atoms with Crippen molar-refractivity contribution < 1.29 is 14.6 Å². The normalized spacial score (nSPS) is 19.9.